The van der Waals surface area contributed by atoms with E-state index in [0.29, 0.717) is 25.5 Å². The molecule has 1 amide bonds. The minimum absolute atomic E-state index is 0.0383. The Hall–Kier alpha value is -1.51. The number of rotatable bonds is 7. The average Bonchev–Trinajstić information content (AvgIpc) is 3.27. The number of nitrogens with zero attached hydrogens (tertiary/aromatic N) is 2. The van der Waals surface area contributed by atoms with Gasteiger partial charge in [-0.25, -0.2) is 0 Å². The summed E-state index contributed by atoms with van der Waals surface area (Å²) >= 11 is 0. The van der Waals surface area contributed by atoms with Gasteiger partial charge in [-0.2, -0.15) is 13.2 Å². The van der Waals surface area contributed by atoms with Gasteiger partial charge in [0.15, 0.2) is 5.96 Å². The van der Waals surface area contributed by atoms with Gasteiger partial charge in [0.25, 0.3) is 0 Å². The fourth-order valence-corrected chi connectivity index (χ4v) is 3.47. The molecule has 1 heterocycles. The monoisotopic (exact) mass is 378 g/mol. The van der Waals surface area contributed by atoms with Crippen molar-refractivity contribution in [3.05, 3.63) is 0 Å². The molecule has 2 N–H and O–H groups in total. The van der Waals surface area contributed by atoms with Crippen LogP contribution in [0.4, 0.5) is 13.2 Å². The van der Waals surface area contributed by atoms with E-state index in [1.165, 1.54) is 0 Å². The first-order valence-corrected chi connectivity index (χ1v) is 9.29. The Kier molecular flexibility index (Phi) is 7.99. The lowest BCUT2D eigenvalue weighted by Crippen LogP contribution is -2.45. The van der Waals surface area contributed by atoms with Crippen LogP contribution in [0.25, 0.3) is 0 Å². The first-order valence-electron chi connectivity index (χ1n) is 9.29. The van der Waals surface area contributed by atoms with Crippen molar-refractivity contribution >= 4 is 11.9 Å². The number of guanidine groups is 1. The quantitative estimate of drug-likeness (QED) is 0.404. The number of amides is 1. The van der Waals surface area contributed by atoms with Crippen LogP contribution in [0.5, 0.6) is 0 Å². The van der Waals surface area contributed by atoms with E-state index in [2.05, 4.69) is 20.4 Å². The molecule has 0 aromatic heterocycles. The van der Waals surface area contributed by atoms with E-state index in [0.717, 1.165) is 38.6 Å². The van der Waals surface area contributed by atoms with Crippen LogP contribution in [0.1, 0.15) is 38.5 Å². The van der Waals surface area contributed by atoms with Gasteiger partial charge >= 0.3 is 6.18 Å². The molecule has 1 saturated heterocycles. The van der Waals surface area contributed by atoms with Gasteiger partial charge in [0.1, 0.15) is 6.61 Å². The average molecular weight is 378 g/mol. The molecule has 1 unspecified atom stereocenters. The molecule has 0 spiro atoms. The molecule has 0 aromatic carbocycles. The molecular weight excluding hydrogens is 349 g/mol. The highest BCUT2D eigenvalue weighted by Crippen LogP contribution is 2.27. The number of aliphatic imine (C=N–C) groups is 1. The largest absolute Gasteiger partial charge is 0.411 e. The summed E-state index contributed by atoms with van der Waals surface area (Å²) in [7, 11) is 1.64. The van der Waals surface area contributed by atoms with Crippen LogP contribution in [0.3, 0.4) is 0 Å². The van der Waals surface area contributed by atoms with Crippen LogP contribution < -0.4 is 10.6 Å². The Morgan fingerprint density at radius 1 is 1.27 bits per heavy atom. The van der Waals surface area contributed by atoms with Crippen molar-refractivity contribution < 1.29 is 22.7 Å². The number of carbonyl (C=O) groups excluding carboxylic acids is 1. The molecule has 2 rings (SSSR count). The fourth-order valence-electron chi connectivity index (χ4n) is 3.47. The molecule has 0 radical (unpaired) electrons. The third kappa shape index (κ3) is 7.01. The van der Waals surface area contributed by atoms with Crippen LogP contribution >= 0.6 is 0 Å². The Balaban J connectivity index is 1.61. The van der Waals surface area contributed by atoms with Gasteiger partial charge in [-0.1, -0.05) is 12.8 Å². The highest BCUT2D eigenvalue weighted by atomic mass is 19.4. The minimum atomic E-state index is -4.28. The highest BCUT2D eigenvalue weighted by Gasteiger charge is 2.32. The predicted octanol–water partition coefficient (Wildman–Crippen LogP) is 1.91. The molecule has 0 bridgehead atoms. The van der Waals surface area contributed by atoms with Crippen molar-refractivity contribution in [1.82, 2.24) is 15.5 Å². The first-order chi connectivity index (χ1) is 12.4. The normalized spacial score (nSPS) is 22.1. The molecule has 9 heteroatoms. The van der Waals surface area contributed by atoms with Crippen molar-refractivity contribution in [3.8, 4) is 0 Å². The van der Waals surface area contributed by atoms with Crippen molar-refractivity contribution in [1.29, 1.82) is 0 Å². The molecular formula is C17H29F3N4O2. The Morgan fingerprint density at radius 3 is 2.65 bits per heavy atom. The van der Waals surface area contributed by atoms with Crippen molar-refractivity contribution in [2.45, 2.75) is 50.7 Å². The van der Waals surface area contributed by atoms with Crippen LogP contribution in [0.2, 0.25) is 0 Å². The molecule has 2 aliphatic rings. The number of hydrogen-bond donors (Lipinski definition) is 2. The van der Waals surface area contributed by atoms with E-state index in [-0.39, 0.29) is 24.5 Å². The lowest BCUT2D eigenvalue weighted by Gasteiger charge is -2.21. The van der Waals surface area contributed by atoms with Crippen molar-refractivity contribution in [3.63, 3.8) is 0 Å². The Morgan fingerprint density at radius 2 is 2.00 bits per heavy atom. The number of likely N-dealkylation sites (tertiary alicyclic amines) is 1. The van der Waals surface area contributed by atoms with Crippen LogP contribution in [-0.2, 0) is 9.53 Å². The second kappa shape index (κ2) is 9.99. The molecule has 2 fully saturated rings. The standard InChI is InChI=1S/C17H29F3N4O2/c1-21-16(22-8-4-10-26-12-17(18,19)20)23-14-7-9-24(11-14)15(25)13-5-2-3-6-13/h13-14H,2-12H2,1H3,(H2,21,22,23). The topological polar surface area (TPSA) is 66.0 Å². The zero-order chi connectivity index (χ0) is 19.0. The summed E-state index contributed by atoms with van der Waals surface area (Å²) in [5.74, 6) is 1.07. The summed E-state index contributed by atoms with van der Waals surface area (Å²) in [4.78, 5) is 18.5. The van der Waals surface area contributed by atoms with Gasteiger partial charge < -0.3 is 20.3 Å². The number of halogens is 3. The van der Waals surface area contributed by atoms with E-state index in [9.17, 15) is 18.0 Å². The van der Waals surface area contributed by atoms with Crippen LogP contribution in [0.15, 0.2) is 4.99 Å². The minimum Gasteiger partial charge on any atom is -0.372 e. The van der Waals surface area contributed by atoms with Gasteiger partial charge in [-0.3, -0.25) is 9.79 Å². The number of alkyl halides is 3. The molecule has 6 nitrogen and oxygen atoms in total. The number of ether oxygens (including phenoxy) is 1. The maximum Gasteiger partial charge on any atom is 0.411 e. The fraction of sp³-hybridized carbons (Fsp3) is 0.882. The van der Waals surface area contributed by atoms with E-state index in [4.69, 9.17) is 0 Å². The second-order valence-electron chi connectivity index (χ2n) is 6.92. The molecule has 1 atom stereocenters. The zero-order valence-corrected chi connectivity index (χ0v) is 15.3. The van der Waals surface area contributed by atoms with Crippen LogP contribution in [0, 0.1) is 5.92 Å². The first kappa shape index (κ1) is 20.8. The highest BCUT2D eigenvalue weighted by molar-refractivity contribution is 5.81. The summed E-state index contributed by atoms with van der Waals surface area (Å²) in [5.41, 5.74) is 0. The van der Waals surface area contributed by atoms with E-state index in [1.54, 1.807) is 7.05 Å². The second-order valence-corrected chi connectivity index (χ2v) is 6.92. The maximum atomic E-state index is 12.4. The van der Waals surface area contributed by atoms with Gasteiger partial charge in [-0.05, 0) is 25.7 Å². The Labute approximate surface area is 152 Å². The van der Waals surface area contributed by atoms with Gasteiger partial charge in [-0.15, -0.1) is 0 Å². The summed E-state index contributed by atoms with van der Waals surface area (Å²) in [6, 6.07) is 0.146. The summed E-state index contributed by atoms with van der Waals surface area (Å²) in [5, 5.41) is 6.35. The summed E-state index contributed by atoms with van der Waals surface area (Å²) < 4.78 is 40.5. The smallest absolute Gasteiger partial charge is 0.372 e. The molecule has 1 saturated carbocycles. The SMILES string of the molecule is CN=C(NCCCOCC(F)(F)F)NC1CCN(C(=O)C2CCCC2)C1. The van der Waals surface area contributed by atoms with Gasteiger partial charge in [0.2, 0.25) is 5.91 Å². The summed E-state index contributed by atoms with van der Waals surface area (Å²) in [6.07, 6.45) is 1.35. The molecule has 150 valence electrons. The predicted molar refractivity (Wildman–Crippen MR) is 92.9 cm³/mol. The molecule has 1 aliphatic carbocycles. The van der Waals surface area contributed by atoms with Crippen molar-refractivity contribution in [2.24, 2.45) is 10.9 Å². The van der Waals surface area contributed by atoms with Crippen LogP contribution in [-0.4, -0.2) is 68.9 Å². The lowest BCUT2D eigenvalue weighted by molar-refractivity contribution is -0.173. The number of carbonyl (C=O) groups is 1. The maximum absolute atomic E-state index is 12.4. The zero-order valence-electron chi connectivity index (χ0n) is 15.3. The number of hydrogen-bond acceptors (Lipinski definition) is 3. The third-order valence-corrected chi connectivity index (χ3v) is 4.79. The lowest BCUT2D eigenvalue weighted by atomic mass is 10.1. The van der Waals surface area contributed by atoms with Crippen molar-refractivity contribution in [2.75, 3.05) is 39.9 Å². The molecule has 1 aliphatic heterocycles. The third-order valence-electron chi connectivity index (χ3n) is 4.79. The Bertz CT molecular complexity index is 479. The van der Waals surface area contributed by atoms with E-state index < -0.39 is 12.8 Å². The molecule has 26 heavy (non-hydrogen) atoms. The number of nitrogens with one attached hydrogen (secondary N) is 2. The summed E-state index contributed by atoms with van der Waals surface area (Å²) in [6.45, 7) is 0.721. The molecule has 0 aromatic rings. The van der Waals surface area contributed by atoms with E-state index >= 15 is 0 Å². The van der Waals surface area contributed by atoms with Gasteiger partial charge in [0, 0.05) is 45.2 Å². The van der Waals surface area contributed by atoms with Gasteiger partial charge in [0.05, 0.1) is 0 Å². The van der Waals surface area contributed by atoms with E-state index in [1.807, 2.05) is 4.90 Å².